The highest BCUT2D eigenvalue weighted by Crippen LogP contribution is 2.29. The second-order valence-corrected chi connectivity index (χ2v) is 10.1. The fourth-order valence-corrected chi connectivity index (χ4v) is 4.34. The Morgan fingerprint density at radius 3 is 2.50 bits per heavy atom. The summed E-state index contributed by atoms with van der Waals surface area (Å²) in [7, 11) is -1.63. The van der Waals surface area contributed by atoms with Gasteiger partial charge in [-0.05, 0) is 41.8 Å². The van der Waals surface area contributed by atoms with Gasteiger partial charge in [-0.25, -0.2) is 13.1 Å². The average molecular weight is 475 g/mol. The highest BCUT2D eigenvalue weighted by atomic mass is 32.2. The normalized spacial score (nSPS) is 11.2. The van der Waals surface area contributed by atoms with Gasteiger partial charge in [0.05, 0.1) is 18.2 Å². The maximum absolute atomic E-state index is 12.5. The number of ether oxygens (including phenoxy) is 2. The summed E-state index contributed by atoms with van der Waals surface area (Å²) >= 11 is 1.35. The van der Waals surface area contributed by atoms with E-state index in [0.717, 1.165) is 22.3 Å². The van der Waals surface area contributed by atoms with Gasteiger partial charge in [0.1, 0.15) is 6.61 Å². The molecule has 1 heterocycles. The molecule has 0 saturated carbocycles. The molecular formula is C23H26N2O5S2. The van der Waals surface area contributed by atoms with E-state index in [1.54, 1.807) is 13.2 Å². The Hall–Kier alpha value is -2.88. The van der Waals surface area contributed by atoms with E-state index in [4.69, 9.17) is 9.47 Å². The summed E-state index contributed by atoms with van der Waals surface area (Å²) in [6.45, 7) is 1.09. The number of benzene rings is 2. The maximum atomic E-state index is 12.5. The number of sulfonamides is 1. The number of thiophene rings is 1. The van der Waals surface area contributed by atoms with Crippen LogP contribution >= 0.6 is 11.3 Å². The predicted molar refractivity (Wildman–Crippen MR) is 126 cm³/mol. The zero-order valence-corrected chi connectivity index (χ0v) is 19.6. The summed E-state index contributed by atoms with van der Waals surface area (Å²) in [6.07, 6.45) is 1.66. The summed E-state index contributed by atoms with van der Waals surface area (Å²) in [6, 6.07) is 19.0. The summed E-state index contributed by atoms with van der Waals surface area (Å²) < 4.78 is 36.0. The molecule has 0 bridgehead atoms. The summed E-state index contributed by atoms with van der Waals surface area (Å²) in [4.78, 5) is 14.0. The van der Waals surface area contributed by atoms with Crippen molar-refractivity contribution in [3.05, 3.63) is 81.5 Å². The number of amides is 1. The predicted octanol–water partition coefficient (Wildman–Crippen LogP) is 3.36. The van der Waals surface area contributed by atoms with Crippen LogP contribution < -0.4 is 19.5 Å². The van der Waals surface area contributed by atoms with Crippen LogP contribution in [0, 0.1) is 0 Å². The summed E-state index contributed by atoms with van der Waals surface area (Å²) in [5, 5.41) is 2.90. The third kappa shape index (κ3) is 7.37. The Balaban J connectivity index is 1.53. The van der Waals surface area contributed by atoms with E-state index in [1.165, 1.54) is 11.3 Å². The molecule has 32 heavy (non-hydrogen) atoms. The molecule has 7 nitrogen and oxygen atoms in total. The van der Waals surface area contributed by atoms with E-state index in [0.29, 0.717) is 42.5 Å². The van der Waals surface area contributed by atoms with Crippen molar-refractivity contribution in [3.63, 3.8) is 0 Å². The van der Waals surface area contributed by atoms with Gasteiger partial charge in [-0.15, -0.1) is 11.3 Å². The molecule has 1 aromatic heterocycles. The first-order chi connectivity index (χ1) is 15.3. The molecule has 3 rings (SSSR count). The number of carbonyl (C=O) groups is 1. The lowest BCUT2D eigenvalue weighted by Gasteiger charge is -2.12. The molecule has 0 unspecified atom stereocenters. The van der Waals surface area contributed by atoms with Crippen molar-refractivity contribution >= 4 is 27.3 Å². The van der Waals surface area contributed by atoms with Crippen LogP contribution in [0.25, 0.3) is 0 Å². The Labute approximate surface area is 192 Å². The minimum Gasteiger partial charge on any atom is -0.493 e. The average Bonchev–Trinajstić information content (AvgIpc) is 3.25. The van der Waals surface area contributed by atoms with Crippen molar-refractivity contribution < 1.29 is 22.7 Å². The van der Waals surface area contributed by atoms with E-state index in [9.17, 15) is 13.2 Å². The number of hydrogen-bond acceptors (Lipinski definition) is 6. The first-order valence-electron chi connectivity index (χ1n) is 9.99. The van der Waals surface area contributed by atoms with Crippen molar-refractivity contribution in [1.29, 1.82) is 0 Å². The van der Waals surface area contributed by atoms with Crippen molar-refractivity contribution in [2.75, 3.05) is 19.9 Å². The van der Waals surface area contributed by atoms with Gasteiger partial charge in [0.2, 0.25) is 10.0 Å². The largest absolute Gasteiger partial charge is 0.493 e. The minimum atomic E-state index is -3.21. The monoisotopic (exact) mass is 474 g/mol. The molecule has 0 fully saturated rings. The van der Waals surface area contributed by atoms with E-state index < -0.39 is 10.0 Å². The van der Waals surface area contributed by atoms with Crippen LogP contribution in [0.2, 0.25) is 0 Å². The third-order valence-electron chi connectivity index (χ3n) is 4.54. The van der Waals surface area contributed by atoms with E-state index in [1.807, 2.05) is 54.6 Å². The van der Waals surface area contributed by atoms with Crippen LogP contribution in [0.1, 0.15) is 25.7 Å². The first kappa shape index (κ1) is 23.8. The SMILES string of the molecule is COc1cc(CNC(=O)c2ccc(CCNS(C)(=O)=O)s2)ccc1OCc1ccccc1. The van der Waals surface area contributed by atoms with E-state index >= 15 is 0 Å². The zero-order chi connectivity index (χ0) is 23.0. The molecule has 2 aromatic carbocycles. The molecule has 0 saturated heterocycles. The van der Waals surface area contributed by atoms with Crippen LogP contribution in [0.15, 0.2) is 60.7 Å². The van der Waals surface area contributed by atoms with Crippen molar-refractivity contribution in [1.82, 2.24) is 10.0 Å². The molecule has 0 radical (unpaired) electrons. The van der Waals surface area contributed by atoms with E-state index in [2.05, 4.69) is 10.0 Å². The van der Waals surface area contributed by atoms with Gasteiger partial charge in [0.15, 0.2) is 11.5 Å². The van der Waals surface area contributed by atoms with Crippen molar-refractivity contribution in [2.45, 2.75) is 19.6 Å². The quantitative estimate of drug-likeness (QED) is 0.445. The Morgan fingerprint density at radius 1 is 1.00 bits per heavy atom. The third-order valence-corrected chi connectivity index (χ3v) is 6.41. The lowest BCUT2D eigenvalue weighted by Crippen LogP contribution is -2.24. The molecule has 1 amide bonds. The molecule has 0 aliphatic carbocycles. The minimum absolute atomic E-state index is 0.180. The van der Waals surface area contributed by atoms with Crippen LogP contribution in [0.4, 0.5) is 0 Å². The smallest absolute Gasteiger partial charge is 0.261 e. The number of methoxy groups -OCH3 is 1. The fraction of sp³-hybridized carbons (Fsp3) is 0.261. The van der Waals surface area contributed by atoms with Crippen molar-refractivity contribution in [3.8, 4) is 11.5 Å². The molecule has 2 N–H and O–H groups in total. The van der Waals surface area contributed by atoms with Gasteiger partial charge < -0.3 is 14.8 Å². The molecule has 0 atom stereocenters. The van der Waals surface area contributed by atoms with Crippen molar-refractivity contribution in [2.24, 2.45) is 0 Å². The molecule has 0 aliphatic rings. The maximum Gasteiger partial charge on any atom is 0.261 e. The molecule has 3 aromatic rings. The van der Waals surface area contributed by atoms with Gasteiger partial charge in [-0.1, -0.05) is 36.4 Å². The van der Waals surface area contributed by atoms with Gasteiger partial charge in [0, 0.05) is 18.0 Å². The Bertz CT molecular complexity index is 1140. The zero-order valence-electron chi connectivity index (χ0n) is 18.0. The summed E-state index contributed by atoms with van der Waals surface area (Å²) in [5.74, 6) is 1.06. The fourth-order valence-electron chi connectivity index (χ4n) is 2.94. The molecule has 0 spiro atoms. The molecule has 9 heteroatoms. The lowest BCUT2D eigenvalue weighted by molar-refractivity contribution is 0.0955. The second kappa shape index (κ2) is 11.1. The second-order valence-electron chi connectivity index (χ2n) is 7.12. The van der Waals surface area contributed by atoms with Gasteiger partial charge in [-0.2, -0.15) is 0 Å². The lowest BCUT2D eigenvalue weighted by atomic mass is 10.2. The van der Waals surface area contributed by atoms with Crippen LogP contribution in [-0.4, -0.2) is 34.2 Å². The van der Waals surface area contributed by atoms with Gasteiger partial charge in [0.25, 0.3) is 5.91 Å². The van der Waals surface area contributed by atoms with Crippen LogP contribution in [0.5, 0.6) is 11.5 Å². The molecule has 170 valence electrons. The van der Waals surface area contributed by atoms with Crippen LogP contribution in [0.3, 0.4) is 0 Å². The standard InChI is InChI=1S/C23H26N2O5S2/c1-29-21-14-18(8-10-20(21)30-16-17-6-4-3-5-7-17)15-24-23(26)22-11-9-19(31-22)12-13-25-32(2,27)28/h3-11,14,25H,12-13,15-16H2,1-2H3,(H,24,26). The highest BCUT2D eigenvalue weighted by Gasteiger charge is 2.11. The van der Waals surface area contributed by atoms with Crippen LogP contribution in [-0.2, 0) is 29.6 Å². The first-order valence-corrected chi connectivity index (χ1v) is 12.7. The Morgan fingerprint density at radius 2 is 1.78 bits per heavy atom. The Kier molecular flexibility index (Phi) is 8.26. The molecular weight excluding hydrogens is 448 g/mol. The number of hydrogen-bond donors (Lipinski definition) is 2. The topological polar surface area (TPSA) is 93.7 Å². The van der Waals surface area contributed by atoms with Gasteiger partial charge in [-0.3, -0.25) is 4.79 Å². The summed E-state index contributed by atoms with van der Waals surface area (Å²) in [5.41, 5.74) is 1.95. The number of nitrogens with one attached hydrogen (secondary N) is 2. The number of rotatable bonds is 11. The highest BCUT2D eigenvalue weighted by molar-refractivity contribution is 7.88. The van der Waals surface area contributed by atoms with E-state index in [-0.39, 0.29) is 5.91 Å². The number of carbonyl (C=O) groups excluding carboxylic acids is 1. The van der Waals surface area contributed by atoms with Gasteiger partial charge >= 0.3 is 0 Å². The molecule has 0 aliphatic heterocycles.